The largest absolute Gasteiger partial charge is 0.330 e. The summed E-state index contributed by atoms with van der Waals surface area (Å²) in [5, 5.41) is 10.2. The van der Waals surface area contributed by atoms with Crippen molar-refractivity contribution in [1.29, 1.82) is 0 Å². The van der Waals surface area contributed by atoms with Crippen LogP contribution in [0.5, 0.6) is 0 Å². The quantitative estimate of drug-likeness (QED) is 0.763. The molecule has 0 saturated heterocycles. The fourth-order valence-corrected chi connectivity index (χ4v) is 2.01. The van der Waals surface area contributed by atoms with E-state index in [1.807, 2.05) is 21.8 Å². The Morgan fingerprint density at radius 1 is 1.31 bits per heavy atom. The third-order valence-electron chi connectivity index (χ3n) is 2.28. The lowest BCUT2D eigenvalue weighted by Crippen LogP contribution is -2.00. The summed E-state index contributed by atoms with van der Waals surface area (Å²) in [6.07, 6.45) is 5.05. The van der Waals surface area contributed by atoms with Gasteiger partial charge in [-0.15, -0.1) is 16.4 Å². The van der Waals surface area contributed by atoms with Gasteiger partial charge in [-0.05, 0) is 25.8 Å². The fraction of sp³-hybridized carbons (Fsp3) is 0.500. The lowest BCUT2D eigenvalue weighted by Gasteiger charge is -1.95. The molecule has 0 aromatic carbocycles. The highest BCUT2D eigenvalue weighted by Crippen LogP contribution is 2.05. The molecule has 0 spiro atoms. The summed E-state index contributed by atoms with van der Waals surface area (Å²) in [4.78, 5) is 4.21. The molecule has 0 aliphatic heterocycles. The summed E-state index contributed by atoms with van der Waals surface area (Å²) in [5.41, 5.74) is 9.33. The van der Waals surface area contributed by atoms with Crippen LogP contribution in [0, 0.1) is 0 Å². The van der Waals surface area contributed by atoms with Crippen LogP contribution in [0.2, 0.25) is 0 Å². The topological polar surface area (TPSA) is 69.6 Å². The van der Waals surface area contributed by atoms with Crippen molar-refractivity contribution in [3.8, 4) is 0 Å². The van der Waals surface area contributed by atoms with Gasteiger partial charge in [0, 0.05) is 11.6 Å². The molecule has 0 bridgehead atoms. The van der Waals surface area contributed by atoms with Crippen LogP contribution >= 0.6 is 11.3 Å². The normalized spacial score (nSPS) is 10.8. The highest BCUT2D eigenvalue weighted by atomic mass is 32.1. The molecule has 0 fully saturated rings. The lowest BCUT2D eigenvalue weighted by molar-refractivity contribution is 0.640. The van der Waals surface area contributed by atoms with Gasteiger partial charge in [-0.1, -0.05) is 5.21 Å². The van der Waals surface area contributed by atoms with Crippen LogP contribution in [0.25, 0.3) is 0 Å². The molecule has 2 rings (SSSR count). The fourth-order valence-electron chi connectivity index (χ4n) is 1.46. The smallest absolute Gasteiger partial charge is 0.0857 e. The van der Waals surface area contributed by atoms with Gasteiger partial charge >= 0.3 is 0 Å². The van der Waals surface area contributed by atoms with Crippen LogP contribution < -0.4 is 5.73 Å². The minimum absolute atomic E-state index is 0.702. The van der Waals surface area contributed by atoms with E-state index in [0.29, 0.717) is 6.54 Å². The molecule has 0 aliphatic carbocycles. The Morgan fingerprint density at radius 3 is 3.00 bits per heavy atom. The first-order valence-corrected chi connectivity index (χ1v) is 6.29. The third-order valence-corrected chi connectivity index (χ3v) is 2.92. The van der Waals surface area contributed by atoms with E-state index >= 15 is 0 Å². The van der Waals surface area contributed by atoms with E-state index in [9.17, 15) is 0 Å². The molecule has 2 N–H and O–H groups in total. The summed E-state index contributed by atoms with van der Waals surface area (Å²) in [7, 11) is 0. The lowest BCUT2D eigenvalue weighted by atomic mass is 10.2. The van der Waals surface area contributed by atoms with E-state index in [4.69, 9.17) is 5.73 Å². The first kappa shape index (κ1) is 11.2. The molecule has 0 saturated carbocycles. The van der Waals surface area contributed by atoms with Crippen molar-refractivity contribution in [1.82, 2.24) is 20.0 Å². The molecule has 6 heteroatoms. The number of aryl methyl sites for hydroxylation is 1. The predicted octanol–water partition coefficient (Wildman–Crippen LogP) is 1.06. The maximum atomic E-state index is 5.44. The zero-order chi connectivity index (χ0) is 11.2. The zero-order valence-electron chi connectivity index (χ0n) is 9.04. The summed E-state index contributed by atoms with van der Waals surface area (Å²) < 4.78 is 1.83. The van der Waals surface area contributed by atoms with Crippen LogP contribution in [0.1, 0.15) is 24.2 Å². The molecule has 2 aromatic heterocycles. The van der Waals surface area contributed by atoms with Gasteiger partial charge < -0.3 is 5.73 Å². The summed E-state index contributed by atoms with van der Waals surface area (Å²) in [5.74, 6) is 0. The Bertz CT molecular complexity index is 409. The van der Waals surface area contributed by atoms with E-state index in [1.165, 1.54) is 0 Å². The summed E-state index contributed by atoms with van der Waals surface area (Å²) in [6.45, 7) is 1.44. The van der Waals surface area contributed by atoms with E-state index in [-0.39, 0.29) is 0 Å². The van der Waals surface area contributed by atoms with Crippen molar-refractivity contribution in [3.63, 3.8) is 0 Å². The Morgan fingerprint density at radius 2 is 2.25 bits per heavy atom. The molecule has 0 unspecified atom stereocenters. The van der Waals surface area contributed by atoms with Crippen LogP contribution in [-0.4, -0.2) is 26.5 Å². The highest BCUT2D eigenvalue weighted by molar-refractivity contribution is 7.07. The molecule has 0 aliphatic rings. The molecule has 0 atom stereocenters. The van der Waals surface area contributed by atoms with Crippen molar-refractivity contribution in [2.45, 2.75) is 25.8 Å². The van der Waals surface area contributed by atoms with Crippen LogP contribution in [-0.2, 0) is 13.0 Å². The Labute approximate surface area is 98.3 Å². The molecule has 0 radical (unpaired) electrons. The average Bonchev–Trinajstić information content (AvgIpc) is 2.91. The van der Waals surface area contributed by atoms with E-state index in [0.717, 1.165) is 37.2 Å². The molecule has 2 aromatic rings. The number of rotatable bonds is 6. The van der Waals surface area contributed by atoms with Crippen molar-refractivity contribution >= 4 is 11.3 Å². The maximum absolute atomic E-state index is 5.44. The average molecular weight is 237 g/mol. The van der Waals surface area contributed by atoms with Gasteiger partial charge in [-0.2, -0.15) is 0 Å². The minimum atomic E-state index is 0.702. The Balaban J connectivity index is 1.87. The van der Waals surface area contributed by atoms with Crippen molar-refractivity contribution in [3.05, 3.63) is 28.5 Å². The molecule has 86 valence electrons. The highest BCUT2D eigenvalue weighted by Gasteiger charge is 2.02. The molecule has 2 heterocycles. The number of aromatic nitrogens is 4. The van der Waals surface area contributed by atoms with Crippen LogP contribution in [0.3, 0.4) is 0 Å². The van der Waals surface area contributed by atoms with E-state index < -0.39 is 0 Å². The number of hydrogen-bond donors (Lipinski definition) is 1. The molecule has 16 heavy (non-hydrogen) atoms. The molecule has 0 amide bonds. The standard InChI is InChI=1S/C10H15N5S/c11-4-2-1-3-9-5-15(14-13-9)6-10-7-16-8-12-10/h5,7-8H,1-4,6,11H2. The summed E-state index contributed by atoms with van der Waals surface area (Å²) >= 11 is 1.60. The van der Waals surface area contributed by atoms with Crippen LogP contribution in [0.4, 0.5) is 0 Å². The first-order chi connectivity index (χ1) is 7.88. The van der Waals surface area contributed by atoms with Gasteiger partial charge in [0.2, 0.25) is 0 Å². The van der Waals surface area contributed by atoms with Crippen molar-refractivity contribution in [2.75, 3.05) is 6.54 Å². The van der Waals surface area contributed by atoms with Crippen LogP contribution in [0.15, 0.2) is 17.1 Å². The Kier molecular flexibility index (Phi) is 4.01. The van der Waals surface area contributed by atoms with Gasteiger partial charge in [-0.25, -0.2) is 9.67 Å². The van der Waals surface area contributed by atoms with E-state index in [1.54, 1.807) is 11.3 Å². The monoisotopic (exact) mass is 237 g/mol. The van der Waals surface area contributed by atoms with Gasteiger partial charge in [-0.3, -0.25) is 0 Å². The minimum Gasteiger partial charge on any atom is -0.330 e. The van der Waals surface area contributed by atoms with Crippen molar-refractivity contribution < 1.29 is 0 Å². The zero-order valence-corrected chi connectivity index (χ0v) is 9.86. The second kappa shape index (κ2) is 5.72. The maximum Gasteiger partial charge on any atom is 0.0857 e. The molecular formula is C10H15N5S. The van der Waals surface area contributed by atoms with E-state index in [2.05, 4.69) is 15.3 Å². The second-order valence-corrected chi connectivity index (χ2v) is 4.35. The predicted molar refractivity (Wildman–Crippen MR) is 63.2 cm³/mol. The summed E-state index contributed by atoms with van der Waals surface area (Å²) in [6, 6.07) is 0. The number of unbranched alkanes of at least 4 members (excludes halogenated alkanes) is 1. The van der Waals surface area contributed by atoms with Gasteiger partial charge in [0.05, 0.1) is 23.4 Å². The molecular weight excluding hydrogens is 222 g/mol. The second-order valence-electron chi connectivity index (χ2n) is 3.63. The first-order valence-electron chi connectivity index (χ1n) is 5.34. The number of thiazole rings is 1. The number of nitrogens with two attached hydrogens (primary N) is 1. The number of nitrogens with zero attached hydrogens (tertiary/aromatic N) is 4. The van der Waals surface area contributed by atoms with Crippen molar-refractivity contribution in [2.24, 2.45) is 5.73 Å². The Hall–Kier alpha value is -1.27. The van der Waals surface area contributed by atoms with Gasteiger partial charge in [0.1, 0.15) is 0 Å². The third kappa shape index (κ3) is 3.11. The van der Waals surface area contributed by atoms with Gasteiger partial charge in [0.25, 0.3) is 0 Å². The van der Waals surface area contributed by atoms with Gasteiger partial charge in [0.15, 0.2) is 0 Å². The SMILES string of the molecule is NCCCCc1cn(Cc2cscn2)nn1. The molecule has 5 nitrogen and oxygen atoms in total. The number of hydrogen-bond acceptors (Lipinski definition) is 5.